The van der Waals surface area contributed by atoms with Gasteiger partial charge in [0.2, 0.25) is 0 Å². The molecular formula is C27H24F5N3O5. The van der Waals surface area contributed by atoms with Crippen LogP contribution in [0.5, 0.6) is 11.5 Å². The predicted octanol–water partition coefficient (Wildman–Crippen LogP) is 4.37. The summed E-state index contributed by atoms with van der Waals surface area (Å²) < 4.78 is 78.0. The first-order chi connectivity index (χ1) is 18.9. The highest BCUT2D eigenvalue weighted by molar-refractivity contribution is 6.05. The van der Waals surface area contributed by atoms with Gasteiger partial charge in [-0.2, -0.15) is 0 Å². The number of hydrogen-bond acceptors (Lipinski definition) is 5. The van der Waals surface area contributed by atoms with E-state index >= 15 is 8.78 Å². The molecule has 0 spiro atoms. The fourth-order valence-corrected chi connectivity index (χ4v) is 4.83. The number of halogens is 5. The summed E-state index contributed by atoms with van der Waals surface area (Å²) in [5.41, 5.74) is -1.22. The number of methoxy groups -OCH3 is 1. The number of benzene rings is 2. The molecule has 2 heterocycles. The van der Waals surface area contributed by atoms with E-state index in [9.17, 15) is 27.6 Å². The van der Waals surface area contributed by atoms with Gasteiger partial charge in [0.25, 0.3) is 17.4 Å². The number of rotatable bonds is 7. The zero-order valence-electron chi connectivity index (χ0n) is 21.5. The van der Waals surface area contributed by atoms with Gasteiger partial charge in [-0.25, -0.2) is 8.78 Å². The molecule has 0 radical (unpaired) electrons. The van der Waals surface area contributed by atoms with Crippen molar-refractivity contribution in [1.29, 1.82) is 0 Å². The van der Waals surface area contributed by atoms with E-state index in [1.54, 1.807) is 13.0 Å². The third-order valence-electron chi connectivity index (χ3n) is 6.65. The third-order valence-corrected chi connectivity index (χ3v) is 6.65. The van der Waals surface area contributed by atoms with Gasteiger partial charge in [0.05, 0.1) is 7.11 Å². The van der Waals surface area contributed by atoms with Crippen LogP contribution in [-0.4, -0.2) is 41.9 Å². The van der Waals surface area contributed by atoms with Crippen LogP contribution in [0.4, 0.5) is 27.6 Å². The molecule has 1 aliphatic rings. The third kappa shape index (κ3) is 5.49. The van der Waals surface area contributed by atoms with Gasteiger partial charge in [0, 0.05) is 48.0 Å². The van der Waals surface area contributed by atoms with E-state index in [-0.39, 0.29) is 17.0 Å². The topological polar surface area (TPSA) is 89.9 Å². The molecule has 212 valence electrons. The van der Waals surface area contributed by atoms with E-state index in [4.69, 9.17) is 4.74 Å². The standard InChI is InChI=1S/C27H24F5N3O5/c1-4-34-11-5-6-20(25(34)37)35-14(2)21(22-18(28)12-17(39-3)13-19(22)29)23(26(35)38)33-24(36)15-7-9-16(10-8-15)40-27(30,31)32/h5-14,21,23H,4H2,1-3H3,(H,33,36)/t14-,21-,23-/m0/s1. The number of alkyl halides is 3. The number of carbonyl (C=O) groups excluding carboxylic acids is 2. The van der Waals surface area contributed by atoms with Crippen molar-refractivity contribution in [2.45, 2.75) is 44.8 Å². The molecule has 3 atom stereocenters. The van der Waals surface area contributed by atoms with E-state index in [1.807, 2.05) is 0 Å². The van der Waals surface area contributed by atoms with Crippen molar-refractivity contribution >= 4 is 17.5 Å². The largest absolute Gasteiger partial charge is 0.573 e. The Balaban J connectivity index is 1.76. The van der Waals surface area contributed by atoms with Crippen LogP contribution in [0.15, 0.2) is 59.5 Å². The summed E-state index contributed by atoms with van der Waals surface area (Å²) in [6.07, 6.45) is -3.42. The minimum absolute atomic E-state index is 0.0495. The highest BCUT2D eigenvalue weighted by Gasteiger charge is 2.50. The van der Waals surface area contributed by atoms with Gasteiger partial charge in [0.1, 0.15) is 34.9 Å². The lowest BCUT2D eigenvalue weighted by atomic mass is 9.87. The van der Waals surface area contributed by atoms with Gasteiger partial charge in [-0.3, -0.25) is 14.4 Å². The van der Waals surface area contributed by atoms with E-state index in [0.717, 1.165) is 41.3 Å². The Bertz CT molecular complexity index is 1470. The molecule has 40 heavy (non-hydrogen) atoms. The average Bonchev–Trinajstić information content (AvgIpc) is 3.12. The molecular weight excluding hydrogens is 541 g/mol. The Morgan fingerprint density at radius 2 is 1.65 bits per heavy atom. The van der Waals surface area contributed by atoms with Crippen molar-refractivity contribution in [3.63, 3.8) is 0 Å². The second-order valence-corrected chi connectivity index (χ2v) is 8.99. The van der Waals surface area contributed by atoms with Crippen molar-refractivity contribution in [1.82, 2.24) is 9.88 Å². The first kappa shape index (κ1) is 28.6. The SMILES string of the molecule is CCn1cccc(N2C(=O)[C@@H](NC(=O)c3ccc(OC(F)(F)F)cc3)[C@H](c3c(F)cc(OC)cc3F)[C@@H]2C)c1=O. The first-order valence-electron chi connectivity index (χ1n) is 12.1. The maximum Gasteiger partial charge on any atom is 0.573 e. The summed E-state index contributed by atoms with van der Waals surface area (Å²) in [7, 11) is 1.22. The Morgan fingerprint density at radius 1 is 1.02 bits per heavy atom. The molecule has 0 bridgehead atoms. The summed E-state index contributed by atoms with van der Waals surface area (Å²) in [6.45, 7) is 3.51. The number of aryl methyl sites for hydroxylation is 1. The highest BCUT2D eigenvalue weighted by Crippen LogP contribution is 2.40. The number of pyridine rings is 1. The number of carbonyl (C=O) groups is 2. The number of anilines is 1. The van der Waals surface area contributed by atoms with Crippen molar-refractivity contribution in [2.75, 3.05) is 12.0 Å². The summed E-state index contributed by atoms with van der Waals surface area (Å²) in [4.78, 5) is 40.9. The summed E-state index contributed by atoms with van der Waals surface area (Å²) >= 11 is 0. The van der Waals surface area contributed by atoms with E-state index in [2.05, 4.69) is 10.1 Å². The molecule has 3 aromatic rings. The van der Waals surface area contributed by atoms with Crippen LogP contribution in [0.1, 0.15) is 35.7 Å². The lowest BCUT2D eigenvalue weighted by Crippen LogP contribution is -2.44. The molecule has 0 saturated carbocycles. The number of aromatic nitrogens is 1. The van der Waals surface area contributed by atoms with Crippen molar-refractivity contribution in [2.24, 2.45) is 0 Å². The smallest absolute Gasteiger partial charge is 0.497 e. The van der Waals surface area contributed by atoms with Crippen molar-refractivity contribution < 1.29 is 41.0 Å². The van der Waals surface area contributed by atoms with Crippen LogP contribution in [0.2, 0.25) is 0 Å². The molecule has 1 aliphatic heterocycles. The Hall–Kier alpha value is -4.42. The Morgan fingerprint density at radius 3 is 2.20 bits per heavy atom. The quantitative estimate of drug-likeness (QED) is 0.430. The first-order valence-corrected chi connectivity index (χ1v) is 12.1. The highest BCUT2D eigenvalue weighted by atomic mass is 19.4. The Kier molecular flexibility index (Phi) is 7.85. The van der Waals surface area contributed by atoms with E-state index < -0.39 is 64.7 Å². The second kappa shape index (κ2) is 11.0. The van der Waals surface area contributed by atoms with Crippen LogP contribution in [0, 0.1) is 11.6 Å². The molecule has 4 rings (SSSR count). The maximum atomic E-state index is 15.3. The van der Waals surface area contributed by atoms with Crippen LogP contribution in [0.3, 0.4) is 0 Å². The van der Waals surface area contributed by atoms with Gasteiger partial charge in [-0.15, -0.1) is 13.2 Å². The molecule has 13 heteroatoms. The molecule has 1 aromatic heterocycles. The number of amides is 2. The van der Waals surface area contributed by atoms with Crippen LogP contribution < -0.4 is 25.2 Å². The summed E-state index contributed by atoms with van der Waals surface area (Å²) in [5, 5.41) is 2.46. The minimum atomic E-state index is -4.94. The molecule has 1 saturated heterocycles. The normalized spacial score (nSPS) is 19.1. The van der Waals surface area contributed by atoms with Gasteiger partial charge >= 0.3 is 6.36 Å². The minimum Gasteiger partial charge on any atom is -0.497 e. The van der Waals surface area contributed by atoms with Crippen LogP contribution >= 0.6 is 0 Å². The number of nitrogens with zero attached hydrogens (tertiary/aromatic N) is 2. The Labute approximate surface area is 224 Å². The van der Waals surface area contributed by atoms with E-state index in [1.165, 1.54) is 30.9 Å². The van der Waals surface area contributed by atoms with Crippen molar-refractivity contribution in [3.8, 4) is 11.5 Å². The summed E-state index contributed by atoms with van der Waals surface area (Å²) in [5.74, 6) is -5.75. The zero-order chi connectivity index (χ0) is 29.4. The fourth-order valence-electron chi connectivity index (χ4n) is 4.83. The average molecular weight is 565 g/mol. The molecule has 1 fully saturated rings. The lowest BCUT2D eigenvalue weighted by molar-refractivity contribution is -0.274. The predicted molar refractivity (Wildman–Crippen MR) is 133 cm³/mol. The van der Waals surface area contributed by atoms with Gasteiger partial charge in [0.15, 0.2) is 0 Å². The van der Waals surface area contributed by atoms with Gasteiger partial charge in [-0.05, 0) is 50.2 Å². The maximum absolute atomic E-state index is 15.3. The molecule has 2 amide bonds. The fraction of sp³-hybridized carbons (Fsp3) is 0.296. The van der Waals surface area contributed by atoms with Crippen LogP contribution in [0.25, 0.3) is 0 Å². The number of hydrogen-bond donors (Lipinski definition) is 1. The van der Waals surface area contributed by atoms with Crippen LogP contribution in [-0.2, 0) is 11.3 Å². The molecule has 8 nitrogen and oxygen atoms in total. The van der Waals surface area contributed by atoms with E-state index in [0.29, 0.717) is 6.54 Å². The molecule has 1 N–H and O–H groups in total. The van der Waals surface area contributed by atoms with Gasteiger partial charge in [-0.1, -0.05) is 0 Å². The second-order valence-electron chi connectivity index (χ2n) is 8.99. The number of ether oxygens (including phenoxy) is 2. The monoisotopic (exact) mass is 565 g/mol. The molecule has 0 unspecified atom stereocenters. The zero-order valence-corrected chi connectivity index (χ0v) is 21.5. The molecule has 0 aliphatic carbocycles. The summed E-state index contributed by atoms with van der Waals surface area (Å²) in [6, 6.07) is 6.15. The number of nitrogens with one attached hydrogen (secondary N) is 1. The van der Waals surface area contributed by atoms with Gasteiger partial charge < -0.3 is 24.3 Å². The lowest BCUT2D eigenvalue weighted by Gasteiger charge is -2.25. The molecule has 2 aromatic carbocycles. The van der Waals surface area contributed by atoms with Crippen molar-refractivity contribution in [3.05, 3.63) is 87.8 Å².